The molecule has 1 aliphatic rings. The molecule has 1 unspecified atom stereocenters. The minimum absolute atomic E-state index is 0.428. The zero-order valence-electron chi connectivity index (χ0n) is 12.7. The van der Waals surface area contributed by atoms with Crippen molar-refractivity contribution < 1.29 is 8.78 Å². The normalized spacial score (nSPS) is 20.1. The largest absolute Gasteiger partial charge is 0.369 e. The summed E-state index contributed by atoms with van der Waals surface area (Å²) < 4.78 is 25.5. The van der Waals surface area contributed by atoms with Gasteiger partial charge in [0.2, 0.25) is 0 Å². The van der Waals surface area contributed by atoms with E-state index in [1.165, 1.54) is 0 Å². The van der Waals surface area contributed by atoms with Crippen molar-refractivity contribution in [3.05, 3.63) is 24.3 Å². The van der Waals surface area contributed by atoms with Gasteiger partial charge in [0.15, 0.2) is 0 Å². The van der Waals surface area contributed by atoms with Crippen molar-refractivity contribution in [3.8, 4) is 0 Å². The Morgan fingerprint density at radius 3 is 2.81 bits per heavy atom. The Balaban J connectivity index is 2.15. The van der Waals surface area contributed by atoms with E-state index in [-0.39, 0.29) is 0 Å². The number of para-hydroxylation sites is 1. The molecule has 0 saturated carbocycles. The van der Waals surface area contributed by atoms with Gasteiger partial charge in [-0.2, -0.15) is 8.78 Å². The fourth-order valence-electron chi connectivity index (χ4n) is 2.86. The lowest BCUT2D eigenvalue weighted by molar-refractivity contribution is 0.252. The van der Waals surface area contributed by atoms with Crippen LogP contribution in [0.5, 0.6) is 0 Å². The van der Waals surface area contributed by atoms with E-state index in [4.69, 9.17) is 0 Å². The fourth-order valence-corrected chi connectivity index (χ4v) is 3.52. The number of nitrogens with zero attached hydrogens (tertiary/aromatic N) is 1. The van der Waals surface area contributed by atoms with Gasteiger partial charge >= 0.3 is 0 Å². The van der Waals surface area contributed by atoms with Gasteiger partial charge in [-0.05, 0) is 37.4 Å². The van der Waals surface area contributed by atoms with E-state index in [1.807, 2.05) is 18.2 Å². The Kier molecular flexibility index (Phi) is 6.30. The molecular weight excluding hydrogens is 290 g/mol. The second-order valence-corrected chi connectivity index (χ2v) is 6.96. The van der Waals surface area contributed by atoms with E-state index in [2.05, 4.69) is 24.1 Å². The van der Waals surface area contributed by atoms with E-state index in [9.17, 15) is 8.78 Å². The molecule has 1 aromatic carbocycles. The summed E-state index contributed by atoms with van der Waals surface area (Å²) in [4.78, 5) is 2.94. The van der Waals surface area contributed by atoms with Crippen molar-refractivity contribution in [2.24, 2.45) is 5.92 Å². The molecule has 1 fully saturated rings. The Hall–Kier alpha value is -0.810. The van der Waals surface area contributed by atoms with Crippen molar-refractivity contribution >= 4 is 17.4 Å². The van der Waals surface area contributed by atoms with Crippen LogP contribution in [0.4, 0.5) is 14.5 Å². The highest BCUT2D eigenvalue weighted by molar-refractivity contribution is 7.99. The molecule has 118 valence electrons. The summed E-state index contributed by atoms with van der Waals surface area (Å²) >= 11 is 0.645. The molecule has 21 heavy (non-hydrogen) atoms. The third kappa shape index (κ3) is 5.15. The van der Waals surface area contributed by atoms with E-state index >= 15 is 0 Å². The van der Waals surface area contributed by atoms with Crippen molar-refractivity contribution in [1.29, 1.82) is 0 Å². The highest BCUT2D eigenvalue weighted by Crippen LogP contribution is 2.34. The molecule has 1 N–H and O–H groups in total. The van der Waals surface area contributed by atoms with Crippen LogP contribution in [0.15, 0.2) is 29.2 Å². The van der Waals surface area contributed by atoms with Gasteiger partial charge < -0.3 is 10.2 Å². The second-order valence-electron chi connectivity index (χ2n) is 5.93. The third-order valence-electron chi connectivity index (χ3n) is 3.66. The Morgan fingerprint density at radius 1 is 1.33 bits per heavy atom. The van der Waals surface area contributed by atoms with E-state index in [1.54, 1.807) is 6.07 Å². The number of hydrogen-bond acceptors (Lipinski definition) is 3. The third-order valence-corrected chi connectivity index (χ3v) is 4.43. The predicted octanol–water partition coefficient (Wildman–Crippen LogP) is 4.22. The van der Waals surface area contributed by atoms with Gasteiger partial charge in [0, 0.05) is 24.0 Å². The molecule has 0 aliphatic carbocycles. The summed E-state index contributed by atoms with van der Waals surface area (Å²) in [6, 6.07) is 7.94. The molecule has 1 aromatic rings. The molecule has 1 saturated heterocycles. The van der Waals surface area contributed by atoms with Crippen molar-refractivity contribution in [2.75, 3.05) is 24.5 Å². The molecule has 2 rings (SSSR count). The molecule has 0 spiro atoms. The first-order chi connectivity index (χ1) is 10.1. The zero-order chi connectivity index (χ0) is 15.2. The average molecular weight is 314 g/mol. The minimum atomic E-state index is -2.37. The van der Waals surface area contributed by atoms with Crippen LogP contribution in [0.25, 0.3) is 0 Å². The van der Waals surface area contributed by atoms with Gasteiger partial charge in [0.25, 0.3) is 5.76 Å². The Labute approximate surface area is 130 Å². The lowest BCUT2D eigenvalue weighted by Crippen LogP contribution is -2.38. The Bertz CT molecular complexity index is 440. The van der Waals surface area contributed by atoms with Crippen LogP contribution in [0.3, 0.4) is 0 Å². The highest BCUT2D eigenvalue weighted by atomic mass is 32.2. The lowest BCUT2D eigenvalue weighted by Gasteiger charge is -2.29. The predicted molar refractivity (Wildman–Crippen MR) is 86.4 cm³/mol. The topological polar surface area (TPSA) is 15.3 Å². The van der Waals surface area contributed by atoms with Crippen LogP contribution < -0.4 is 10.2 Å². The quantitative estimate of drug-likeness (QED) is 0.819. The maximum absolute atomic E-state index is 12.7. The lowest BCUT2D eigenvalue weighted by atomic mass is 10.0. The van der Waals surface area contributed by atoms with Gasteiger partial charge in [-0.1, -0.05) is 37.7 Å². The number of halogens is 2. The first-order valence-corrected chi connectivity index (χ1v) is 8.46. The molecule has 1 aliphatic heterocycles. The van der Waals surface area contributed by atoms with E-state index < -0.39 is 5.76 Å². The van der Waals surface area contributed by atoms with Crippen molar-refractivity contribution in [3.63, 3.8) is 0 Å². The number of thioether (sulfide) groups is 1. The fraction of sp³-hybridized carbons (Fsp3) is 0.625. The number of hydrogen-bond donors (Lipinski definition) is 1. The summed E-state index contributed by atoms with van der Waals surface area (Å²) in [7, 11) is 0. The molecule has 1 heterocycles. The van der Waals surface area contributed by atoms with E-state index in [0.717, 1.165) is 38.2 Å². The van der Waals surface area contributed by atoms with Gasteiger partial charge in [-0.25, -0.2) is 0 Å². The molecule has 0 bridgehead atoms. The number of benzene rings is 1. The Morgan fingerprint density at radius 2 is 2.10 bits per heavy atom. The first kappa shape index (κ1) is 16.6. The summed E-state index contributed by atoms with van der Waals surface area (Å²) in [5, 5.41) is 3.58. The van der Waals surface area contributed by atoms with Crippen LogP contribution in [-0.4, -0.2) is 31.4 Å². The van der Waals surface area contributed by atoms with Crippen molar-refractivity contribution in [1.82, 2.24) is 5.32 Å². The van der Waals surface area contributed by atoms with Crippen LogP contribution in [0, 0.1) is 5.92 Å². The van der Waals surface area contributed by atoms with Gasteiger partial charge in [-0.3, -0.25) is 0 Å². The maximum Gasteiger partial charge on any atom is 0.288 e. The number of alkyl halides is 2. The minimum Gasteiger partial charge on any atom is -0.369 e. The van der Waals surface area contributed by atoms with Gasteiger partial charge in [-0.15, -0.1) is 0 Å². The molecular formula is C16H24F2N2S. The average Bonchev–Trinajstić information content (AvgIpc) is 2.63. The highest BCUT2D eigenvalue weighted by Gasteiger charge is 2.21. The first-order valence-electron chi connectivity index (χ1n) is 7.58. The summed E-state index contributed by atoms with van der Waals surface area (Å²) in [5.74, 6) is -1.74. The molecule has 0 aromatic heterocycles. The molecule has 0 radical (unpaired) electrons. The number of anilines is 1. The second kappa shape index (κ2) is 7.99. The molecule has 5 heteroatoms. The number of nitrogens with one attached hydrogen (secondary N) is 1. The molecule has 1 atom stereocenters. The maximum atomic E-state index is 12.7. The monoisotopic (exact) mass is 314 g/mol. The van der Waals surface area contributed by atoms with Gasteiger partial charge in [0.1, 0.15) is 0 Å². The van der Waals surface area contributed by atoms with E-state index in [0.29, 0.717) is 28.6 Å². The van der Waals surface area contributed by atoms with Crippen LogP contribution in [-0.2, 0) is 0 Å². The summed E-state index contributed by atoms with van der Waals surface area (Å²) in [6.45, 7) is 7.24. The zero-order valence-corrected chi connectivity index (χ0v) is 13.5. The summed E-state index contributed by atoms with van der Waals surface area (Å²) in [6.07, 6.45) is 2.16. The van der Waals surface area contributed by atoms with Crippen molar-refractivity contribution in [2.45, 2.75) is 43.4 Å². The van der Waals surface area contributed by atoms with Crippen LogP contribution in [0.2, 0.25) is 0 Å². The van der Waals surface area contributed by atoms with Crippen LogP contribution in [0.1, 0.15) is 26.7 Å². The smallest absolute Gasteiger partial charge is 0.288 e. The SMILES string of the molecule is CC(C)CC1CN(c2ccccc2SC(F)F)CCCN1. The van der Waals surface area contributed by atoms with Gasteiger partial charge in [0.05, 0.1) is 5.69 Å². The molecule has 0 amide bonds. The number of rotatable bonds is 5. The summed E-state index contributed by atoms with van der Waals surface area (Å²) in [5.41, 5.74) is 0.945. The molecule has 2 nitrogen and oxygen atoms in total. The van der Waals surface area contributed by atoms with Crippen LogP contribution >= 0.6 is 11.8 Å². The standard InChI is InChI=1S/C16H24F2N2S/c1-12(2)10-13-11-20(9-5-8-19-13)14-6-3-4-7-15(14)21-16(17)18/h3-4,6-7,12-13,16,19H,5,8-11H2,1-2H3.